The van der Waals surface area contributed by atoms with E-state index in [1.807, 2.05) is 0 Å². The Morgan fingerprint density at radius 1 is 1.22 bits per heavy atom. The fourth-order valence-corrected chi connectivity index (χ4v) is 1.12. The number of nitrogens with one attached hydrogen (secondary N) is 1. The molecule has 1 amide bonds. The summed E-state index contributed by atoms with van der Waals surface area (Å²) in [5.74, 6) is -7.85. The summed E-state index contributed by atoms with van der Waals surface area (Å²) in [6, 6.07) is -0.466. The predicted octanol–water partition coefficient (Wildman–Crippen LogP) is 0.279. The summed E-state index contributed by atoms with van der Waals surface area (Å²) in [6.45, 7) is -0.924. The fraction of sp³-hybridized carbons (Fsp3) is 0.200. The third kappa shape index (κ3) is 2.77. The molecule has 0 spiro atoms. The van der Waals surface area contributed by atoms with Crippen LogP contribution in [0.1, 0.15) is 10.4 Å². The van der Waals surface area contributed by atoms with Gasteiger partial charge in [0.25, 0.3) is 5.91 Å². The molecule has 0 aliphatic heterocycles. The third-order valence-electron chi connectivity index (χ3n) is 2.07. The lowest BCUT2D eigenvalue weighted by Gasteiger charge is -2.12. The quantitative estimate of drug-likeness (QED) is 0.681. The van der Waals surface area contributed by atoms with E-state index in [0.717, 1.165) is 0 Å². The van der Waals surface area contributed by atoms with Gasteiger partial charge in [-0.2, -0.15) is 0 Å². The highest BCUT2D eigenvalue weighted by molar-refractivity contribution is 5.96. The van der Waals surface area contributed by atoms with Gasteiger partial charge in [-0.25, -0.2) is 18.0 Å². The number of aliphatic carboxylic acids is 1. The molecule has 8 heteroatoms. The number of halogens is 3. The molecule has 1 aromatic rings. The van der Waals surface area contributed by atoms with Crippen LogP contribution >= 0.6 is 0 Å². The molecule has 3 N–H and O–H groups in total. The summed E-state index contributed by atoms with van der Waals surface area (Å²) in [5.41, 5.74) is -0.853. The highest BCUT2D eigenvalue weighted by atomic mass is 19.2. The van der Waals surface area contributed by atoms with Crippen molar-refractivity contribution in [2.45, 2.75) is 6.04 Å². The van der Waals surface area contributed by atoms with E-state index in [9.17, 15) is 22.8 Å². The zero-order valence-electron chi connectivity index (χ0n) is 8.78. The smallest absolute Gasteiger partial charge is 0.328 e. The van der Waals surface area contributed by atoms with Gasteiger partial charge < -0.3 is 15.5 Å². The molecule has 0 aliphatic rings. The number of rotatable bonds is 4. The first kappa shape index (κ1) is 14.0. The summed E-state index contributed by atoms with van der Waals surface area (Å²) in [6.07, 6.45) is 0. The Kier molecular flexibility index (Phi) is 4.27. The maximum atomic E-state index is 13.2. The zero-order valence-corrected chi connectivity index (χ0v) is 8.78. The molecule has 0 heterocycles. The van der Waals surface area contributed by atoms with Crippen LogP contribution in [0.3, 0.4) is 0 Å². The van der Waals surface area contributed by atoms with Crippen molar-refractivity contribution in [2.24, 2.45) is 0 Å². The molecule has 0 fully saturated rings. The molecule has 0 bridgehead atoms. The number of aliphatic hydroxyl groups excluding tert-OH is 1. The minimum atomic E-state index is -1.83. The first-order valence-electron chi connectivity index (χ1n) is 4.66. The van der Waals surface area contributed by atoms with E-state index in [-0.39, 0.29) is 0 Å². The zero-order chi connectivity index (χ0) is 13.9. The van der Waals surface area contributed by atoms with Crippen molar-refractivity contribution in [2.75, 3.05) is 6.61 Å². The van der Waals surface area contributed by atoms with Crippen molar-refractivity contribution < 1.29 is 33.0 Å². The molecule has 1 aromatic carbocycles. The molecule has 98 valence electrons. The fourth-order valence-electron chi connectivity index (χ4n) is 1.12. The lowest BCUT2D eigenvalue weighted by Crippen LogP contribution is -2.43. The molecular formula is C10H8F3NO4. The van der Waals surface area contributed by atoms with Crippen molar-refractivity contribution in [1.29, 1.82) is 0 Å². The van der Waals surface area contributed by atoms with Gasteiger partial charge in [-0.3, -0.25) is 4.79 Å². The number of aliphatic hydroxyl groups is 1. The summed E-state index contributed by atoms with van der Waals surface area (Å²) >= 11 is 0. The van der Waals surface area contributed by atoms with Crippen molar-refractivity contribution >= 4 is 11.9 Å². The summed E-state index contributed by atoms with van der Waals surface area (Å²) < 4.78 is 38.6. The topological polar surface area (TPSA) is 86.6 Å². The maximum absolute atomic E-state index is 13.2. The largest absolute Gasteiger partial charge is 0.480 e. The molecule has 0 saturated heterocycles. The molecular weight excluding hydrogens is 255 g/mol. The van der Waals surface area contributed by atoms with E-state index in [1.54, 1.807) is 5.32 Å². The molecule has 0 radical (unpaired) electrons. The van der Waals surface area contributed by atoms with E-state index < -0.39 is 47.5 Å². The Morgan fingerprint density at radius 3 is 2.33 bits per heavy atom. The standard InChI is InChI=1S/C10H8F3NO4/c11-5-2-1-4(7(12)8(5)13)9(16)14-6(3-15)10(17)18/h1-2,6,15H,3H2,(H,14,16)(H,17,18). The second kappa shape index (κ2) is 5.50. The monoisotopic (exact) mass is 263 g/mol. The lowest BCUT2D eigenvalue weighted by molar-refractivity contribution is -0.140. The number of carbonyl (C=O) groups is 2. The number of amides is 1. The molecule has 0 saturated carbocycles. The lowest BCUT2D eigenvalue weighted by atomic mass is 10.1. The van der Waals surface area contributed by atoms with Crippen molar-refractivity contribution in [3.8, 4) is 0 Å². The van der Waals surface area contributed by atoms with Crippen molar-refractivity contribution in [1.82, 2.24) is 5.32 Å². The Bertz CT molecular complexity index is 492. The average Bonchev–Trinajstić information content (AvgIpc) is 2.32. The van der Waals surface area contributed by atoms with Gasteiger partial charge in [0.15, 0.2) is 23.5 Å². The molecule has 5 nitrogen and oxygen atoms in total. The Labute approximate surface area is 98.8 Å². The number of hydrogen-bond acceptors (Lipinski definition) is 3. The Hall–Kier alpha value is -2.09. The summed E-state index contributed by atoms with van der Waals surface area (Å²) in [7, 11) is 0. The number of benzene rings is 1. The highest BCUT2D eigenvalue weighted by Gasteiger charge is 2.23. The second-order valence-corrected chi connectivity index (χ2v) is 3.27. The van der Waals surface area contributed by atoms with E-state index in [1.165, 1.54) is 0 Å². The summed E-state index contributed by atoms with van der Waals surface area (Å²) in [4.78, 5) is 21.9. The normalized spacial score (nSPS) is 12.0. The van der Waals surface area contributed by atoms with Gasteiger partial charge in [0.05, 0.1) is 12.2 Å². The number of carboxylic acid groups (broad SMARTS) is 1. The van der Waals surface area contributed by atoms with Crippen molar-refractivity contribution in [3.05, 3.63) is 35.1 Å². The molecule has 0 aromatic heterocycles. The van der Waals surface area contributed by atoms with Gasteiger partial charge in [0, 0.05) is 0 Å². The first-order chi connectivity index (χ1) is 8.38. The van der Waals surface area contributed by atoms with E-state index in [0.29, 0.717) is 12.1 Å². The van der Waals surface area contributed by atoms with Gasteiger partial charge in [0.1, 0.15) is 0 Å². The van der Waals surface area contributed by atoms with Crippen LogP contribution in [0.5, 0.6) is 0 Å². The Morgan fingerprint density at radius 2 is 1.83 bits per heavy atom. The third-order valence-corrected chi connectivity index (χ3v) is 2.07. The van der Waals surface area contributed by atoms with Gasteiger partial charge >= 0.3 is 5.97 Å². The number of hydrogen-bond donors (Lipinski definition) is 3. The minimum absolute atomic E-state index is 0.530. The van der Waals surface area contributed by atoms with Crippen molar-refractivity contribution in [3.63, 3.8) is 0 Å². The van der Waals surface area contributed by atoms with E-state index in [2.05, 4.69) is 0 Å². The number of carbonyl (C=O) groups excluding carboxylic acids is 1. The van der Waals surface area contributed by atoms with Crippen LogP contribution in [0, 0.1) is 17.5 Å². The molecule has 1 atom stereocenters. The van der Waals surface area contributed by atoms with Gasteiger partial charge in [-0.05, 0) is 12.1 Å². The molecule has 18 heavy (non-hydrogen) atoms. The maximum Gasteiger partial charge on any atom is 0.328 e. The van der Waals surface area contributed by atoms with Crippen LogP contribution in [0.25, 0.3) is 0 Å². The van der Waals surface area contributed by atoms with E-state index >= 15 is 0 Å². The molecule has 1 unspecified atom stereocenters. The van der Waals surface area contributed by atoms with Gasteiger partial charge in [-0.15, -0.1) is 0 Å². The molecule has 0 aliphatic carbocycles. The number of carboxylic acids is 1. The van der Waals surface area contributed by atoms with Crippen LogP contribution in [0.15, 0.2) is 12.1 Å². The summed E-state index contributed by atoms with van der Waals surface area (Å²) in [5, 5.41) is 18.9. The van der Waals surface area contributed by atoms with Crippen LogP contribution in [-0.4, -0.2) is 34.7 Å². The van der Waals surface area contributed by atoms with E-state index in [4.69, 9.17) is 10.2 Å². The van der Waals surface area contributed by atoms with Gasteiger partial charge in [-0.1, -0.05) is 0 Å². The second-order valence-electron chi connectivity index (χ2n) is 3.27. The SMILES string of the molecule is O=C(NC(CO)C(=O)O)c1ccc(F)c(F)c1F. The van der Waals surface area contributed by atoms with Crippen LogP contribution < -0.4 is 5.32 Å². The van der Waals surface area contributed by atoms with Crippen LogP contribution in [0.4, 0.5) is 13.2 Å². The Balaban J connectivity index is 2.98. The first-order valence-corrected chi connectivity index (χ1v) is 4.66. The predicted molar refractivity (Wildman–Crippen MR) is 52.3 cm³/mol. The van der Waals surface area contributed by atoms with Crippen LogP contribution in [-0.2, 0) is 4.79 Å². The van der Waals surface area contributed by atoms with Gasteiger partial charge in [0.2, 0.25) is 0 Å². The average molecular weight is 263 g/mol. The molecule has 1 rings (SSSR count). The highest BCUT2D eigenvalue weighted by Crippen LogP contribution is 2.15. The minimum Gasteiger partial charge on any atom is -0.480 e. The van der Waals surface area contributed by atoms with Crippen LogP contribution in [0.2, 0.25) is 0 Å².